The predicted molar refractivity (Wildman–Crippen MR) is 74.4 cm³/mol. The van der Waals surface area contributed by atoms with E-state index in [9.17, 15) is 14.9 Å². The lowest BCUT2D eigenvalue weighted by molar-refractivity contribution is -0.384. The highest BCUT2D eigenvalue weighted by atomic mass is 16.6. The summed E-state index contributed by atoms with van der Waals surface area (Å²) in [5, 5.41) is 20.1. The van der Waals surface area contributed by atoms with E-state index >= 15 is 0 Å². The van der Waals surface area contributed by atoms with Crippen LogP contribution in [0.15, 0.2) is 18.2 Å². The number of carboxylic acid groups (broad SMARTS) is 1. The molecule has 1 saturated heterocycles. The third kappa shape index (κ3) is 2.72. The van der Waals surface area contributed by atoms with E-state index in [2.05, 4.69) is 4.90 Å². The molecule has 0 amide bonds. The number of benzene rings is 1. The number of likely N-dealkylation sites (N-methyl/N-ethyl adjacent to an activating group) is 1. The van der Waals surface area contributed by atoms with Crippen LogP contribution in [0, 0.1) is 10.1 Å². The summed E-state index contributed by atoms with van der Waals surface area (Å²) in [4.78, 5) is 25.7. The first-order valence-electron chi connectivity index (χ1n) is 6.37. The minimum atomic E-state index is -1.08. The number of hydrogen-bond donors (Lipinski definition) is 1. The molecule has 0 aliphatic carbocycles. The van der Waals surface area contributed by atoms with Crippen molar-refractivity contribution in [1.29, 1.82) is 0 Å². The molecule has 1 aliphatic rings. The number of nitro benzene ring substituents is 1. The molecular formula is C13H17N3O4. The largest absolute Gasteiger partial charge is 0.478 e. The van der Waals surface area contributed by atoms with E-state index < -0.39 is 10.9 Å². The Morgan fingerprint density at radius 3 is 2.70 bits per heavy atom. The Kier molecular flexibility index (Phi) is 3.89. The average molecular weight is 279 g/mol. The van der Waals surface area contributed by atoms with Gasteiger partial charge in [-0.1, -0.05) is 0 Å². The second-order valence-electron chi connectivity index (χ2n) is 5.04. The Labute approximate surface area is 116 Å². The number of nitrogens with zero attached hydrogens (tertiary/aromatic N) is 3. The van der Waals surface area contributed by atoms with Gasteiger partial charge in [0, 0.05) is 31.7 Å². The van der Waals surface area contributed by atoms with Gasteiger partial charge >= 0.3 is 5.97 Å². The van der Waals surface area contributed by atoms with Gasteiger partial charge in [0.15, 0.2) is 0 Å². The Balaban J connectivity index is 2.39. The highest BCUT2D eigenvalue weighted by molar-refractivity contribution is 5.90. The van der Waals surface area contributed by atoms with E-state index in [4.69, 9.17) is 5.11 Å². The van der Waals surface area contributed by atoms with Crippen molar-refractivity contribution in [3.8, 4) is 0 Å². The maximum Gasteiger partial charge on any atom is 0.335 e. The SMILES string of the molecule is CC1CN(c2cc(C(=O)O)ccc2[N+](=O)[O-])CCN1C. The highest BCUT2D eigenvalue weighted by Crippen LogP contribution is 2.30. The normalized spacial score (nSPS) is 19.9. The molecule has 7 heteroatoms. The van der Waals surface area contributed by atoms with Crippen molar-refractivity contribution in [3.05, 3.63) is 33.9 Å². The number of rotatable bonds is 3. The third-order valence-electron chi connectivity index (χ3n) is 3.72. The van der Waals surface area contributed by atoms with Crippen LogP contribution in [-0.4, -0.2) is 53.6 Å². The van der Waals surface area contributed by atoms with Crippen LogP contribution >= 0.6 is 0 Å². The third-order valence-corrected chi connectivity index (χ3v) is 3.72. The van der Waals surface area contributed by atoms with E-state index in [1.165, 1.54) is 18.2 Å². The zero-order chi connectivity index (χ0) is 14.9. The van der Waals surface area contributed by atoms with Crippen LogP contribution in [0.25, 0.3) is 0 Å². The summed E-state index contributed by atoms with van der Waals surface area (Å²) in [6, 6.07) is 4.18. The van der Waals surface area contributed by atoms with Crippen molar-refractivity contribution in [2.45, 2.75) is 13.0 Å². The molecule has 1 fully saturated rings. The van der Waals surface area contributed by atoms with Crippen molar-refractivity contribution in [1.82, 2.24) is 4.90 Å². The predicted octanol–water partition coefficient (Wildman–Crippen LogP) is 1.43. The fourth-order valence-corrected chi connectivity index (χ4v) is 2.33. The molecule has 0 spiro atoms. The van der Waals surface area contributed by atoms with Crippen molar-refractivity contribution >= 4 is 17.3 Å². The molecule has 0 saturated carbocycles. The molecule has 108 valence electrons. The molecule has 2 rings (SSSR count). The zero-order valence-electron chi connectivity index (χ0n) is 11.4. The van der Waals surface area contributed by atoms with Crippen LogP contribution in [0.3, 0.4) is 0 Å². The van der Waals surface area contributed by atoms with Gasteiger partial charge in [-0.05, 0) is 26.1 Å². The molecule has 1 heterocycles. The van der Waals surface area contributed by atoms with Crippen LogP contribution < -0.4 is 4.90 Å². The number of hydrogen-bond acceptors (Lipinski definition) is 5. The summed E-state index contributed by atoms with van der Waals surface area (Å²) < 4.78 is 0. The fourth-order valence-electron chi connectivity index (χ4n) is 2.33. The quantitative estimate of drug-likeness (QED) is 0.665. The molecule has 1 N–H and O–H groups in total. The summed E-state index contributed by atoms with van der Waals surface area (Å²) in [7, 11) is 2.00. The molecular weight excluding hydrogens is 262 g/mol. The molecule has 1 aromatic rings. The summed E-state index contributed by atoms with van der Waals surface area (Å²) in [6.07, 6.45) is 0. The number of nitro groups is 1. The molecule has 1 unspecified atom stereocenters. The first kappa shape index (κ1) is 14.3. The Morgan fingerprint density at radius 1 is 1.45 bits per heavy atom. The molecule has 0 bridgehead atoms. The number of anilines is 1. The van der Waals surface area contributed by atoms with Gasteiger partial charge in [0.2, 0.25) is 0 Å². The average Bonchev–Trinajstić information content (AvgIpc) is 2.41. The topological polar surface area (TPSA) is 86.9 Å². The van der Waals surface area contributed by atoms with Crippen molar-refractivity contribution in [2.75, 3.05) is 31.6 Å². The van der Waals surface area contributed by atoms with Gasteiger partial charge in [-0.15, -0.1) is 0 Å². The molecule has 0 radical (unpaired) electrons. The monoisotopic (exact) mass is 279 g/mol. The molecule has 1 atom stereocenters. The van der Waals surface area contributed by atoms with Crippen LogP contribution in [0.1, 0.15) is 17.3 Å². The zero-order valence-corrected chi connectivity index (χ0v) is 11.4. The number of carboxylic acids is 1. The standard InChI is InChI=1S/C13H17N3O4/c1-9-8-15(6-5-14(9)2)12-7-10(13(17)18)3-4-11(12)16(19)20/h3-4,7,9H,5-6,8H2,1-2H3,(H,17,18). The van der Waals surface area contributed by atoms with Crippen molar-refractivity contribution < 1.29 is 14.8 Å². The lowest BCUT2D eigenvalue weighted by Gasteiger charge is -2.38. The molecule has 1 aromatic carbocycles. The number of aromatic carboxylic acids is 1. The highest BCUT2D eigenvalue weighted by Gasteiger charge is 2.27. The maximum atomic E-state index is 11.1. The Bertz CT molecular complexity index is 546. The molecule has 0 aromatic heterocycles. The smallest absolute Gasteiger partial charge is 0.335 e. The van der Waals surface area contributed by atoms with Gasteiger partial charge in [-0.25, -0.2) is 4.79 Å². The fraction of sp³-hybridized carbons (Fsp3) is 0.462. The van der Waals surface area contributed by atoms with E-state index in [0.29, 0.717) is 18.8 Å². The second-order valence-corrected chi connectivity index (χ2v) is 5.04. The summed E-state index contributed by atoms with van der Waals surface area (Å²) in [5.74, 6) is -1.08. The molecule has 7 nitrogen and oxygen atoms in total. The first-order valence-corrected chi connectivity index (χ1v) is 6.37. The van der Waals surface area contributed by atoms with Crippen LogP contribution in [0.4, 0.5) is 11.4 Å². The van der Waals surface area contributed by atoms with Gasteiger partial charge in [-0.2, -0.15) is 0 Å². The number of piperazine rings is 1. The van der Waals surface area contributed by atoms with Crippen LogP contribution in [-0.2, 0) is 0 Å². The first-order chi connectivity index (χ1) is 9.40. The minimum Gasteiger partial charge on any atom is -0.478 e. The Morgan fingerprint density at radius 2 is 2.15 bits per heavy atom. The van der Waals surface area contributed by atoms with Crippen LogP contribution in [0.2, 0.25) is 0 Å². The Hall–Kier alpha value is -2.15. The van der Waals surface area contributed by atoms with E-state index in [1.807, 2.05) is 18.9 Å². The lowest BCUT2D eigenvalue weighted by Crippen LogP contribution is -2.50. The van der Waals surface area contributed by atoms with Crippen molar-refractivity contribution in [3.63, 3.8) is 0 Å². The number of carbonyl (C=O) groups is 1. The summed E-state index contributed by atoms with van der Waals surface area (Å²) in [5.41, 5.74) is 0.402. The van der Waals surface area contributed by atoms with Gasteiger partial charge < -0.3 is 14.9 Å². The maximum absolute atomic E-state index is 11.1. The molecule has 20 heavy (non-hydrogen) atoms. The van der Waals surface area contributed by atoms with Crippen LogP contribution in [0.5, 0.6) is 0 Å². The minimum absolute atomic E-state index is 0.0493. The van der Waals surface area contributed by atoms with Gasteiger partial charge in [0.1, 0.15) is 5.69 Å². The van der Waals surface area contributed by atoms with Gasteiger partial charge in [-0.3, -0.25) is 10.1 Å². The second kappa shape index (κ2) is 5.46. The van der Waals surface area contributed by atoms with E-state index in [-0.39, 0.29) is 17.3 Å². The van der Waals surface area contributed by atoms with E-state index in [1.54, 1.807) is 0 Å². The van der Waals surface area contributed by atoms with E-state index in [0.717, 1.165) is 6.54 Å². The van der Waals surface area contributed by atoms with Gasteiger partial charge in [0.05, 0.1) is 10.5 Å². The summed E-state index contributed by atoms with van der Waals surface area (Å²) >= 11 is 0. The lowest BCUT2D eigenvalue weighted by atomic mass is 10.1. The molecule has 1 aliphatic heterocycles. The summed E-state index contributed by atoms with van der Waals surface area (Å²) in [6.45, 7) is 4.11. The van der Waals surface area contributed by atoms with Gasteiger partial charge in [0.25, 0.3) is 5.69 Å². The van der Waals surface area contributed by atoms with Crippen molar-refractivity contribution in [2.24, 2.45) is 0 Å².